The van der Waals surface area contributed by atoms with Crippen molar-refractivity contribution in [1.29, 1.82) is 0 Å². The lowest BCUT2D eigenvalue weighted by Gasteiger charge is -2.14. The van der Waals surface area contributed by atoms with Gasteiger partial charge in [0.2, 0.25) is 5.91 Å². The third-order valence-corrected chi connectivity index (χ3v) is 3.04. The Morgan fingerprint density at radius 1 is 1.36 bits per heavy atom. The summed E-state index contributed by atoms with van der Waals surface area (Å²) in [6, 6.07) is 2.70. The predicted molar refractivity (Wildman–Crippen MR) is 79.7 cm³/mol. The Morgan fingerprint density at radius 2 is 2.09 bits per heavy atom. The Balaban J connectivity index is 2.62. The van der Waals surface area contributed by atoms with Crippen LogP contribution in [0.4, 0.5) is 8.78 Å². The van der Waals surface area contributed by atoms with E-state index in [1.807, 2.05) is 0 Å². The van der Waals surface area contributed by atoms with Gasteiger partial charge in [0.05, 0.1) is 18.2 Å². The van der Waals surface area contributed by atoms with Gasteiger partial charge in [0, 0.05) is 30.8 Å². The Morgan fingerprint density at radius 3 is 2.73 bits per heavy atom. The van der Waals surface area contributed by atoms with Crippen molar-refractivity contribution >= 4 is 29.1 Å². The molecule has 0 heterocycles. The van der Waals surface area contributed by atoms with Crippen LogP contribution >= 0.6 is 23.2 Å². The number of benzene rings is 1. The van der Waals surface area contributed by atoms with Gasteiger partial charge in [0.25, 0.3) is 0 Å². The van der Waals surface area contributed by atoms with Crippen LogP contribution in [0.2, 0.25) is 10.0 Å². The van der Waals surface area contributed by atoms with Crippen LogP contribution in [0.25, 0.3) is 0 Å². The smallest absolute Gasteiger partial charge is 0.387 e. The van der Waals surface area contributed by atoms with Crippen molar-refractivity contribution < 1.29 is 23.0 Å². The zero-order chi connectivity index (χ0) is 16.5. The van der Waals surface area contributed by atoms with E-state index in [9.17, 15) is 13.6 Å². The molecule has 2 N–H and O–H groups in total. The van der Waals surface area contributed by atoms with Gasteiger partial charge in [-0.05, 0) is 12.1 Å². The lowest BCUT2D eigenvalue weighted by molar-refractivity contribution is -0.120. The monoisotopic (exact) mass is 356 g/mol. The molecule has 0 radical (unpaired) electrons. The van der Waals surface area contributed by atoms with E-state index in [-0.39, 0.29) is 40.4 Å². The summed E-state index contributed by atoms with van der Waals surface area (Å²) >= 11 is 11.7. The Labute approximate surface area is 136 Å². The number of hydrogen-bond acceptors (Lipinski definition) is 4. The van der Waals surface area contributed by atoms with E-state index >= 15 is 0 Å². The molecule has 0 aliphatic rings. The molecule has 0 atom stereocenters. The van der Waals surface area contributed by atoms with Gasteiger partial charge in [-0.3, -0.25) is 4.79 Å². The number of halogens is 4. The van der Waals surface area contributed by atoms with Crippen molar-refractivity contribution in [2.24, 2.45) is 0 Å². The molecule has 0 bridgehead atoms. The maximum atomic E-state index is 12.4. The Bertz CT molecular complexity index is 504. The summed E-state index contributed by atoms with van der Waals surface area (Å²) in [6.45, 7) is -1.99. The zero-order valence-electron chi connectivity index (χ0n) is 11.8. The first-order valence-electron chi connectivity index (χ1n) is 6.33. The fourth-order valence-electron chi connectivity index (χ4n) is 1.60. The van der Waals surface area contributed by atoms with Gasteiger partial charge in [0.15, 0.2) is 0 Å². The molecule has 9 heteroatoms. The van der Waals surface area contributed by atoms with E-state index in [4.69, 9.17) is 27.9 Å². The van der Waals surface area contributed by atoms with Crippen molar-refractivity contribution in [3.05, 3.63) is 27.7 Å². The van der Waals surface area contributed by atoms with E-state index in [0.717, 1.165) is 0 Å². The highest BCUT2D eigenvalue weighted by atomic mass is 35.5. The van der Waals surface area contributed by atoms with Crippen LogP contribution < -0.4 is 15.4 Å². The fourth-order valence-corrected chi connectivity index (χ4v) is 2.18. The van der Waals surface area contributed by atoms with Crippen LogP contribution in [0.15, 0.2) is 12.1 Å². The highest BCUT2D eigenvalue weighted by molar-refractivity contribution is 6.35. The number of rotatable bonds is 9. The van der Waals surface area contributed by atoms with Crippen molar-refractivity contribution in [1.82, 2.24) is 10.6 Å². The molecule has 22 heavy (non-hydrogen) atoms. The lowest BCUT2D eigenvalue weighted by Crippen LogP contribution is -2.34. The van der Waals surface area contributed by atoms with Crippen LogP contribution in [0.3, 0.4) is 0 Å². The number of ether oxygens (including phenoxy) is 2. The average molecular weight is 357 g/mol. The number of alkyl halides is 2. The highest BCUT2D eigenvalue weighted by Crippen LogP contribution is 2.33. The van der Waals surface area contributed by atoms with Gasteiger partial charge in [-0.25, -0.2) is 0 Å². The highest BCUT2D eigenvalue weighted by Gasteiger charge is 2.15. The molecule has 1 amide bonds. The summed E-state index contributed by atoms with van der Waals surface area (Å²) in [5.74, 6) is -0.510. The topological polar surface area (TPSA) is 59.6 Å². The molecular formula is C13H16Cl2F2N2O3. The summed E-state index contributed by atoms with van der Waals surface area (Å²) < 4.78 is 34.0. The SMILES string of the molecule is COCCNCC(=O)NCc1cc(Cl)cc(Cl)c1OC(F)F. The number of carbonyl (C=O) groups is 1. The van der Waals surface area contributed by atoms with Crippen LogP contribution in [-0.2, 0) is 16.1 Å². The summed E-state index contributed by atoms with van der Waals surface area (Å²) in [6.07, 6.45) is 0. The molecule has 0 aliphatic carbocycles. The maximum absolute atomic E-state index is 12.4. The van der Waals surface area contributed by atoms with Crippen molar-refractivity contribution in [3.8, 4) is 5.75 Å². The van der Waals surface area contributed by atoms with Gasteiger partial charge in [-0.15, -0.1) is 0 Å². The number of hydrogen-bond donors (Lipinski definition) is 2. The Kier molecular flexibility index (Phi) is 8.40. The molecule has 124 valence electrons. The normalized spacial score (nSPS) is 10.8. The van der Waals surface area contributed by atoms with Gasteiger partial charge in [-0.1, -0.05) is 23.2 Å². The average Bonchev–Trinajstić information content (AvgIpc) is 2.44. The van der Waals surface area contributed by atoms with E-state index in [0.29, 0.717) is 13.2 Å². The van der Waals surface area contributed by atoms with Crippen molar-refractivity contribution in [2.75, 3.05) is 26.8 Å². The molecule has 0 saturated carbocycles. The minimum atomic E-state index is -3.02. The summed E-state index contributed by atoms with van der Waals surface area (Å²) in [5.41, 5.74) is 0.267. The van der Waals surface area contributed by atoms with Gasteiger partial charge in [0.1, 0.15) is 5.75 Å². The van der Waals surface area contributed by atoms with Gasteiger partial charge in [-0.2, -0.15) is 8.78 Å². The van der Waals surface area contributed by atoms with E-state index in [2.05, 4.69) is 15.4 Å². The third kappa shape index (κ3) is 6.74. The van der Waals surface area contributed by atoms with Crippen molar-refractivity contribution in [2.45, 2.75) is 13.2 Å². The second-order valence-electron chi connectivity index (χ2n) is 4.20. The first kappa shape index (κ1) is 18.9. The largest absolute Gasteiger partial charge is 0.433 e. The number of carbonyl (C=O) groups excluding carboxylic acids is 1. The zero-order valence-corrected chi connectivity index (χ0v) is 13.3. The standard InChI is InChI=1S/C13H16Cl2F2N2O3/c1-21-3-2-18-7-11(20)19-6-8-4-9(14)5-10(15)12(8)22-13(16)17/h4-5,13,18H,2-3,6-7H2,1H3,(H,19,20). The number of amides is 1. The van der Waals surface area contributed by atoms with Crippen LogP contribution in [0.5, 0.6) is 5.75 Å². The minimum absolute atomic E-state index is 0.0346. The first-order valence-corrected chi connectivity index (χ1v) is 7.08. The van der Waals surface area contributed by atoms with E-state index in [1.165, 1.54) is 12.1 Å². The van der Waals surface area contributed by atoms with Gasteiger partial charge < -0.3 is 20.1 Å². The van der Waals surface area contributed by atoms with E-state index < -0.39 is 6.61 Å². The molecular weight excluding hydrogens is 341 g/mol. The molecule has 1 aromatic rings. The Hall–Kier alpha value is -1.15. The van der Waals surface area contributed by atoms with Crippen LogP contribution in [-0.4, -0.2) is 39.3 Å². The first-order chi connectivity index (χ1) is 10.4. The summed E-state index contributed by atoms with van der Waals surface area (Å²) in [5, 5.41) is 5.62. The van der Waals surface area contributed by atoms with Gasteiger partial charge >= 0.3 is 6.61 Å². The predicted octanol–water partition coefficient (Wildman–Crippen LogP) is 2.45. The van der Waals surface area contributed by atoms with E-state index in [1.54, 1.807) is 7.11 Å². The summed E-state index contributed by atoms with van der Waals surface area (Å²) in [4.78, 5) is 11.6. The fraction of sp³-hybridized carbons (Fsp3) is 0.462. The summed E-state index contributed by atoms with van der Waals surface area (Å²) in [7, 11) is 1.55. The molecule has 0 saturated heterocycles. The number of nitrogens with one attached hydrogen (secondary N) is 2. The van der Waals surface area contributed by atoms with Crippen LogP contribution in [0.1, 0.15) is 5.56 Å². The van der Waals surface area contributed by atoms with Crippen molar-refractivity contribution in [3.63, 3.8) is 0 Å². The molecule has 5 nitrogen and oxygen atoms in total. The van der Waals surface area contributed by atoms with Crippen LogP contribution in [0, 0.1) is 0 Å². The molecule has 0 unspecified atom stereocenters. The minimum Gasteiger partial charge on any atom is -0.433 e. The molecule has 0 aliphatic heterocycles. The number of methoxy groups -OCH3 is 1. The molecule has 0 fully saturated rings. The second-order valence-corrected chi connectivity index (χ2v) is 5.04. The lowest BCUT2D eigenvalue weighted by atomic mass is 10.2. The second kappa shape index (κ2) is 9.78. The quantitative estimate of drug-likeness (QED) is 0.667. The maximum Gasteiger partial charge on any atom is 0.387 e. The molecule has 1 rings (SSSR count). The molecule has 1 aromatic carbocycles. The molecule has 0 aromatic heterocycles. The third-order valence-electron chi connectivity index (χ3n) is 2.54. The molecule has 0 spiro atoms.